The first-order valence-electron chi connectivity index (χ1n) is 10.1. The van der Waals surface area contributed by atoms with Crippen molar-refractivity contribution >= 4 is 5.52 Å². The standard InChI is InChI=1S/C23H18N8O2/c1-14-3-8-22(28-27-14)33-18-5-7-21-19(11-25-30(21)12-18)20-6-4-16(13-32)23(26-20)31-15(2)9-17(10-24)29-31/h3-9,11-12,32H,13H2,1-2H3. The number of aliphatic hydroxyl groups is 1. The van der Waals surface area contributed by atoms with Gasteiger partial charge in [-0.3, -0.25) is 0 Å². The molecule has 0 amide bonds. The molecule has 0 bridgehead atoms. The third-order valence-corrected chi connectivity index (χ3v) is 5.09. The molecule has 0 unspecified atom stereocenters. The fourth-order valence-corrected chi connectivity index (χ4v) is 3.46. The van der Waals surface area contributed by atoms with Gasteiger partial charge in [-0.2, -0.15) is 20.6 Å². The van der Waals surface area contributed by atoms with Crippen LogP contribution >= 0.6 is 0 Å². The Morgan fingerprint density at radius 3 is 2.70 bits per heavy atom. The minimum Gasteiger partial charge on any atom is -0.436 e. The molecule has 10 nitrogen and oxygen atoms in total. The molecular formula is C23H18N8O2. The Kier molecular flexibility index (Phi) is 5.01. The van der Waals surface area contributed by atoms with Gasteiger partial charge in [-0.25, -0.2) is 14.2 Å². The summed E-state index contributed by atoms with van der Waals surface area (Å²) in [5.74, 6) is 1.42. The van der Waals surface area contributed by atoms with Crippen LogP contribution in [0.1, 0.15) is 22.6 Å². The van der Waals surface area contributed by atoms with E-state index in [2.05, 4.69) is 20.4 Å². The lowest BCUT2D eigenvalue weighted by atomic mass is 10.1. The summed E-state index contributed by atoms with van der Waals surface area (Å²) in [5.41, 5.74) is 4.71. The van der Waals surface area contributed by atoms with E-state index in [4.69, 9.17) is 9.72 Å². The quantitative estimate of drug-likeness (QED) is 0.443. The number of nitrogens with zero attached hydrogens (tertiary/aromatic N) is 8. The predicted molar refractivity (Wildman–Crippen MR) is 118 cm³/mol. The van der Waals surface area contributed by atoms with Crippen molar-refractivity contribution < 1.29 is 9.84 Å². The maximum atomic E-state index is 9.81. The van der Waals surface area contributed by atoms with Gasteiger partial charge in [0.1, 0.15) is 11.8 Å². The van der Waals surface area contributed by atoms with E-state index < -0.39 is 0 Å². The largest absolute Gasteiger partial charge is 0.436 e. The summed E-state index contributed by atoms with van der Waals surface area (Å²) in [6.45, 7) is 3.48. The van der Waals surface area contributed by atoms with Gasteiger partial charge < -0.3 is 9.84 Å². The summed E-state index contributed by atoms with van der Waals surface area (Å²) in [5, 5.41) is 35.7. The third kappa shape index (κ3) is 3.77. The zero-order valence-electron chi connectivity index (χ0n) is 17.8. The lowest BCUT2D eigenvalue weighted by Crippen LogP contribution is -2.07. The van der Waals surface area contributed by atoms with Crippen molar-refractivity contribution in [1.29, 1.82) is 5.26 Å². The fourth-order valence-electron chi connectivity index (χ4n) is 3.46. The molecule has 33 heavy (non-hydrogen) atoms. The van der Waals surface area contributed by atoms with E-state index in [0.717, 1.165) is 22.5 Å². The topological polar surface area (TPSA) is 127 Å². The second kappa shape index (κ2) is 8.14. The van der Waals surface area contributed by atoms with Crippen LogP contribution in [0.15, 0.2) is 54.9 Å². The number of hydrogen-bond acceptors (Lipinski definition) is 8. The minimum atomic E-state index is -0.207. The van der Waals surface area contributed by atoms with E-state index in [9.17, 15) is 10.4 Å². The van der Waals surface area contributed by atoms with Crippen LogP contribution in [0.4, 0.5) is 0 Å². The maximum absolute atomic E-state index is 9.81. The monoisotopic (exact) mass is 438 g/mol. The summed E-state index contributed by atoms with van der Waals surface area (Å²) < 4.78 is 9.03. The van der Waals surface area contributed by atoms with Crippen molar-refractivity contribution in [3.8, 4) is 34.8 Å². The van der Waals surface area contributed by atoms with E-state index in [-0.39, 0.29) is 12.3 Å². The number of aryl methyl sites for hydroxylation is 2. The average molecular weight is 438 g/mol. The number of rotatable bonds is 5. The Bertz CT molecular complexity index is 1510. The Labute approximate surface area is 188 Å². The summed E-state index contributed by atoms with van der Waals surface area (Å²) in [6.07, 6.45) is 3.46. The van der Waals surface area contributed by atoms with Crippen LogP contribution in [0.3, 0.4) is 0 Å². The molecule has 5 aromatic heterocycles. The first-order valence-corrected chi connectivity index (χ1v) is 10.1. The van der Waals surface area contributed by atoms with Crippen molar-refractivity contribution in [3.63, 3.8) is 0 Å². The normalized spacial score (nSPS) is 11.0. The van der Waals surface area contributed by atoms with Crippen molar-refractivity contribution in [2.75, 3.05) is 0 Å². The first kappa shape index (κ1) is 20.3. The Morgan fingerprint density at radius 1 is 1.09 bits per heavy atom. The fraction of sp³-hybridized carbons (Fsp3) is 0.130. The molecule has 0 saturated carbocycles. The number of aliphatic hydroxyl groups excluding tert-OH is 1. The van der Waals surface area contributed by atoms with Gasteiger partial charge in [0.15, 0.2) is 11.5 Å². The SMILES string of the molecule is Cc1ccc(Oc2ccc3c(-c4ccc(CO)c(-n5nc(C#N)cc5C)n4)cnn3c2)nn1. The van der Waals surface area contributed by atoms with E-state index in [1.807, 2.05) is 44.2 Å². The molecule has 0 aliphatic carbocycles. The zero-order chi connectivity index (χ0) is 22.9. The zero-order valence-corrected chi connectivity index (χ0v) is 17.8. The van der Waals surface area contributed by atoms with Crippen LogP contribution < -0.4 is 4.74 Å². The van der Waals surface area contributed by atoms with Gasteiger partial charge in [-0.15, -0.1) is 5.10 Å². The number of pyridine rings is 2. The highest BCUT2D eigenvalue weighted by Gasteiger charge is 2.16. The number of aromatic nitrogens is 7. The summed E-state index contributed by atoms with van der Waals surface area (Å²) >= 11 is 0. The minimum absolute atomic E-state index is 0.207. The van der Waals surface area contributed by atoms with Gasteiger partial charge in [0.25, 0.3) is 0 Å². The van der Waals surface area contributed by atoms with E-state index in [1.54, 1.807) is 39.8 Å². The lowest BCUT2D eigenvalue weighted by molar-refractivity contribution is 0.281. The van der Waals surface area contributed by atoms with Gasteiger partial charge in [0.2, 0.25) is 5.88 Å². The molecule has 0 radical (unpaired) electrons. The highest BCUT2D eigenvalue weighted by Crippen LogP contribution is 2.28. The van der Waals surface area contributed by atoms with Crippen molar-refractivity contribution in [1.82, 2.24) is 34.6 Å². The highest BCUT2D eigenvalue weighted by atomic mass is 16.5. The maximum Gasteiger partial charge on any atom is 0.238 e. The molecule has 162 valence electrons. The molecule has 0 spiro atoms. The molecule has 5 rings (SSSR count). The van der Waals surface area contributed by atoms with Gasteiger partial charge in [-0.05, 0) is 44.2 Å². The number of nitriles is 1. The molecule has 1 N–H and O–H groups in total. The molecule has 0 saturated heterocycles. The molecule has 5 heterocycles. The van der Waals surface area contributed by atoms with Gasteiger partial charge in [0, 0.05) is 22.9 Å². The van der Waals surface area contributed by atoms with E-state index in [1.165, 1.54) is 0 Å². The van der Waals surface area contributed by atoms with Gasteiger partial charge in [0.05, 0.1) is 35.9 Å². The molecule has 0 atom stereocenters. The molecule has 5 aromatic rings. The summed E-state index contributed by atoms with van der Waals surface area (Å²) in [6, 6.07) is 14.6. The van der Waals surface area contributed by atoms with Crippen molar-refractivity contribution in [2.45, 2.75) is 20.5 Å². The highest BCUT2D eigenvalue weighted by molar-refractivity contribution is 5.78. The van der Waals surface area contributed by atoms with Crippen LogP contribution in [0.25, 0.3) is 22.6 Å². The molecular weight excluding hydrogens is 420 g/mol. The summed E-state index contributed by atoms with van der Waals surface area (Å²) in [4.78, 5) is 4.74. The lowest BCUT2D eigenvalue weighted by Gasteiger charge is -2.10. The van der Waals surface area contributed by atoms with Crippen LogP contribution in [-0.2, 0) is 6.61 Å². The van der Waals surface area contributed by atoms with Crippen LogP contribution in [-0.4, -0.2) is 39.7 Å². The number of ether oxygens (including phenoxy) is 1. The predicted octanol–water partition coefficient (Wildman–Crippen LogP) is 3.15. The molecule has 10 heteroatoms. The summed E-state index contributed by atoms with van der Waals surface area (Å²) in [7, 11) is 0. The van der Waals surface area contributed by atoms with E-state index in [0.29, 0.717) is 28.7 Å². The molecule has 0 fully saturated rings. The number of hydrogen-bond donors (Lipinski definition) is 1. The van der Waals surface area contributed by atoms with Gasteiger partial charge >= 0.3 is 0 Å². The van der Waals surface area contributed by atoms with E-state index >= 15 is 0 Å². The Hall–Kier alpha value is -4.62. The molecule has 0 aromatic carbocycles. The van der Waals surface area contributed by atoms with Crippen LogP contribution in [0, 0.1) is 25.2 Å². The smallest absolute Gasteiger partial charge is 0.238 e. The van der Waals surface area contributed by atoms with Crippen molar-refractivity contribution in [3.05, 3.63) is 77.5 Å². The Balaban J connectivity index is 1.53. The molecule has 0 aliphatic heterocycles. The Morgan fingerprint density at radius 2 is 1.97 bits per heavy atom. The van der Waals surface area contributed by atoms with Crippen LogP contribution in [0.5, 0.6) is 11.6 Å². The first-order chi connectivity index (χ1) is 16.1. The third-order valence-electron chi connectivity index (χ3n) is 5.09. The molecule has 0 aliphatic rings. The van der Waals surface area contributed by atoms with Crippen molar-refractivity contribution in [2.24, 2.45) is 0 Å². The average Bonchev–Trinajstić information content (AvgIpc) is 3.43. The van der Waals surface area contributed by atoms with Gasteiger partial charge in [-0.1, -0.05) is 6.07 Å². The second-order valence-electron chi connectivity index (χ2n) is 7.40. The van der Waals surface area contributed by atoms with Crippen LogP contribution in [0.2, 0.25) is 0 Å². The number of fused-ring (bicyclic) bond motifs is 1. The second-order valence-corrected chi connectivity index (χ2v) is 7.40.